The Kier molecular flexibility index (Phi) is 3.61. The molecule has 1 saturated heterocycles. The summed E-state index contributed by atoms with van der Waals surface area (Å²) in [5, 5.41) is 9.15. The lowest BCUT2D eigenvalue weighted by molar-refractivity contribution is -0.117. The minimum atomic E-state index is -0.258. The highest BCUT2D eigenvalue weighted by Crippen LogP contribution is 2.27. The van der Waals surface area contributed by atoms with Gasteiger partial charge >= 0.3 is 0 Å². The minimum absolute atomic E-state index is 0.0613. The molecule has 7 heteroatoms. The van der Waals surface area contributed by atoms with E-state index in [1.54, 1.807) is 34.1 Å². The summed E-state index contributed by atoms with van der Waals surface area (Å²) in [5.74, 6) is 0.0613. The van der Waals surface area contributed by atoms with Crippen molar-refractivity contribution < 1.29 is 4.79 Å². The van der Waals surface area contributed by atoms with Crippen LogP contribution in [0.1, 0.15) is 6.42 Å². The molecule has 1 aliphatic rings. The molecule has 0 radical (unpaired) electrons. The molecule has 3 heterocycles. The van der Waals surface area contributed by atoms with Gasteiger partial charge in [-0.15, -0.1) is 0 Å². The van der Waals surface area contributed by atoms with Gasteiger partial charge in [0, 0.05) is 36.2 Å². The van der Waals surface area contributed by atoms with Gasteiger partial charge in [0.05, 0.1) is 11.6 Å². The van der Waals surface area contributed by atoms with Crippen LogP contribution < -0.4 is 10.2 Å². The van der Waals surface area contributed by atoms with Crippen LogP contribution in [0.15, 0.2) is 42.7 Å². The maximum absolute atomic E-state index is 12.7. The number of amides is 1. The van der Waals surface area contributed by atoms with Crippen molar-refractivity contribution in [2.45, 2.75) is 12.5 Å². The van der Waals surface area contributed by atoms with E-state index in [1.807, 2.05) is 25.2 Å². The monoisotopic (exact) mass is 341 g/mol. The number of nitrogens with zero attached hydrogens (tertiary/aromatic N) is 4. The predicted molar refractivity (Wildman–Crippen MR) is 94.3 cm³/mol. The number of nitrogens with one attached hydrogen (secondary N) is 1. The van der Waals surface area contributed by atoms with Crippen LogP contribution in [0.5, 0.6) is 0 Å². The number of aromatic nitrogens is 3. The van der Waals surface area contributed by atoms with Gasteiger partial charge in [0.25, 0.3) is 0 Å². The highest BCUT2D eigenvalue weighted by molar-refractivity contribution is 6.30. The smallest absolute Gasteiger partial charge is 0.249 e. The van der Waals surface area contributed by atoms with Crippen LogP contribution in [0.4, 0.5) is 11.4 Å². The van der Waals surface area contributed by atoms with E-state index in [0.29, 0.717) is 11.6 Å². The normalized spacial score (nSPS) is 17.7. The molecule has 1 fully saturated rings. The number of carbonyl (C=O) groups is 1. The van der Waals surface area contributed by atoms with Gasteiger partial charge in [-0.05, 0) is 36.8 Å². The van der Waals surface area contributed by atoms with E-state index in [4.69, 9.17) is 11.6 Å². The van der Waals surface area contributed by atoms with E-state index in [1.165, 1.54) is 0 Å². The number of rotatable bonds is 3. The first-order valence-electron chi connectivity index (χ1n) is 7.74. The SMILES string of the molecule is Cn1ncc2c(NC3CCN(c4ccc(Cl)cc4)C3=O)ccnc21. The lowest BCUT2D eigenvalue weighted by atomic mass is 10.2. The topological polar surface area (TPSA) is 63.1 Å². The van der Waals surface area contributed by atoms with Gasteiger partial charge in [0.15, 0.2) is 5.65 Å². The summed E-state index contributed by atoms with van der Waals surface area (Å²) in [5.41, 5.74) is 2.54. The molecule has 122 valence electrons. The van der Waals surface area contributed by atoms with Crippen LogP contribution in [0.2, 0.25) is 5.02 Å². The maximum Gasteiger partial charge on any atom is 0.249 e. The summed E-state index contributed by atoms with van der Waals surface area (Å²) in [4.78, 5) is 18.8. The first-order valence-corrected chi connectivity index (χ1v) is 8.11. The van der Waals surface area contributed by atoms with Crippen LogP contribution in [-0.2, 0) is 11.8 Å². The average Bonchev–Trinajstić information content (AvgIpc) is 3.14. The molecule has 4 rings (SSSR count). The summed E-state index contributed by atoms with van der Waals surface area (Å²) in [6.07, 6.45) is 4.23. The fraction of sp³-hybridized carbons (Fsp3) is 0.235. The number of anilines is 2. The molecular formula is C17H16ClN5O. The van der Waals surface area contributed by atoms with E-state index >= 15 is 0 Å². The van der Waals surface area contributed by atoms with E-state index in [-0.39, 0.29) is 11.9 Å². The summed E-state index contributed by atoms with van der Waals surface area (Å²) in [6, 6.07) is 8.96. The first kappa shape index (κ1) is 15.0. The Morgan fingerprint density at radius 3 is 2.83 bits per heavy atom. The lowest BCUT2D eigenvalue weighted by Crippen LogP contribution is -2.33. The quantitative estimate of drug-likeness (QED) is 0.795. The van der Waals surface area contributed by atoms with E-state index in [9.17, 15) is 4.79 Å². The van der Waals surface area contributed by atoms with Crippen LogP contribution >= 0.6 is 11.6 Å². The van der Waals surface area contributed by atoms with Crippen molar-refractivity contribution >= 4 is 39.9 Å². The molecule has 1 unspecified atom stereocenters. The molecule has 1 atom stereocenters. The van der Waals surface area contributed by atoms with Crippen molar-refractivity contribution in [3.63, 3.8) is 0 Å². The van der Waals surface area contributed by atoms with E-state index in [2.05, 4.69) is 15.4 Å². The standard InChI is InChI=1S/C17H16ClN5O/c1-22-16-13(10-20-22)14(6-8-19-16)21-15-7-9-23(17(15)24)12-4-2-11(18)3-5-12/h2-6,8,10,15H,7,9H2,1H3,(H,19,21). The van der Waals surface area contributed by atoms with Gasteiger partial charge < -0.3 is 10.2 Å². The maximum atomic E-state index is 12.7. The van der Waals surface area contributed by atoms with Crippen LogP contribution in [0.25, 0.3) is 11.0 Å². The number of pyridine rings is 1. The van der Waals surface area contributed by atoms with E-state index in [0.717, 1.165) is 28.8 Å². The van der Waals surface area contributed by atoms with Crippen molar-refractivity contribution in [3.05, 3.63) is 47.7 Å². The molecule has 1 aromatic carbocycles. The van der Waals surface area contributed by atoms with Crippen molar-refractivity contribution in [1.82, 2.24) is 14.8 Å². The van der Waals surface area contributed by atoms with Crippen molar-refractivity contribution in [2.75, 3.05) is 16.8 Å². The second-order valence-corrected chi connectivity index (χ2v) is 6.25. The van der Waals surface area contributed by atoms with Gasteiger partial charge in [-0.25, -0.2) is 4.98 Å². The number of aryl methyl sites for hydroxylation is 1. The first-order chi connectivity index (χ1) is 11.6. The predicted octanol–water partition coefficient (Wildman–Crippen LogP) is 2.84. The molecular weight excluding hydrogens is 326 g/mol. The summed E-state index contributed by atoms with van der Waals surface area (Å²) in [7, 11) is 1.85. The average molecular weight is 342 g/mol. The highest BCUT2D eigenvalue weighted by atomic mass is 35.5. The van der Waals surface area contributed by atoms with Gasteiger partial charge in [-0.2, -0.15) is 5.10 Å². The lowest BCUT2D eigenvalue weighted by Gasteiger charge is -2.18. The zero-order valence-electron chi connectivity index (χ0n) is 13.1. The van der Waals surface area contributed by atoms with Crippen LogP contribution in [0.3, 0.4) is 0 Å². The minimum Gasteiger partial charge on any atom is -0.373 e. The number of hydrogen-bond donors (Lipinski definition) is 1. The van der Waals surface area contributed by atoms with Gasteiger partial charge in [0.1, 0.15) is 6.04 Å². The number of fused-ring (bicyclic) bond motifs is 1. The van der Waals surface area contributed by atoms with Gasteiger partial charge in [-0.1, -0.05) is 11.6 Å². The number of hydrogen-bond acceptors (Lipinski definition) is 4. The number of benzene rings is 1. The second kappa shape index (κ2) is 5.79. The van der Waals surface area contributed by atoms with Crippen molar-refractivity contribution in [1.29, 1.82) is 0 Å². The number of carbonyl (C=O) groups excluding carboxylic acids is 1. The Balaban J connectivity index is 1.57. The Morgan fingerprint density at radius 2 is 2.04 bits per heavy atom. The Morgan fingerprint density at radius 1 is 1.25 bits per heavy atom. The Labute approximate surface area is 144 Å². The summed E-state index contributed by atoms with van der Waals surface area (Å²) >= 11 is 5.92. The molecule has 24 heavy (non-hydrogen) atoms. The highest BCUT2D eigenvalue weighted by Gasteiger charge is 2.32. The second-order valence-electron chi connectivity index (χ2n) is 5.82. The van der Waals surface area contributed by atoms with Crippen LogP contribution in [0, 0.1) is 0 Å². The Bertz CT molecular complexity index is 905. The zero-order valence-corrected chi connectivity index (χ0v) is 13.9. The molecule has 1 aliphatic heterocycles. The molecule has 0 bridgehead atoms. The zero-order chi connectivity index (χ0) is 16.7. The third-order valence-electron chi connectivity index (χ3n) is 4.31. The van der Waals surface area contributed by atoms with Crippen molar-refractivity contribution in [2.24, 2.45) is 7.05 Å². The molecule has 2 aromatic heterocycles. The molecule has 1 N–H and O–H groups in total. The van der Waals surface area contributed by atoms with Gasteiger partial charge in [0.2, 0.25) is 5.91 Å². The van der Waals surface area contributed by atoms with Gasteiger partial charge in [-0.3, -0.25) is 9.48 Å². The molecule has 0 aliphatic carbocycles. The molecule has 0 spiro atoms. The number of halogens is 1. The van der Waals surface area contributed by atoms with Crippen LogP contribution in [-0.4, -0.2) is 33.3 Å². The largest absolute Gasteiger partial charge is 0.373 e. The molecule has 0 saturated carbocycles. The fourth-order valence-electron chi connectivity index (χ4n) is 3.05. The fourth-order valence-corrected chi connectivity index (χ4v) is 3.18. The third-order valence-corrected chi connectivity index (χ3v) is 4.56. The molecule has 1 amide bonds. The molecule has 3 aromatic rings. The summed E-state index contributed by atoms with van der Waals surface area (Å²) in [6.45, 7) is 0.680. The summed E-state index contributed by atoms with van der Waals surface area (Å²) < 4.78 is 1.72. The Hall–Kier alpha value is -2.60. The van der Waals surface area contributed by atoms with Crippen molar-refractivity contribution in [3.8, 4) is 0 Å². The third kappa shape index (κ3) is 2.49. The van der Waals surface area contributed by atoms with E-state index < -0.39 is 0 Å². The molecule has 6 nitrogen and oxygen atoms in total.